The predicted octanol–water partition coefficient (Wildman–Crippen LogP) is 2.09. The molecule has 1 N–H and O–H groups in total. The van der Waals surface area contributed by atoms with Crippen LogP contribution in [0, 0.1) is 0 Å². The standard InChI is InChI=1S/C12H18Cl2N2O4S2/c1-3-9-22(19,20)15-7-8-16(21(2,17)18)11-6-4-5-10(13)12(11)14/h4-6,15H,3,7-9H2,1-2H3. The minimum atomic E-state index is -3.63. The third-order valence-corrected chi connectivity index (χ3v) is 6.29. The van der Waals surface area contributed by atoms with E-state index in [-0.39, 0.29) is 34.6 Å². The van der Waals surface area contributed by atoms with Crippen LogP contribution in [0.3, 0.4) is 0 Å². The summed E-state index contributed by atoms with van der Waals surface area (Å²) in [7, 11) is -7.04. The van der Waals surface area contributed by atoms with Crippen LogP contribution in [0.5, 0.6) is 0 Å². The number of rotatable bonds is 8. The van der Waals surface area contributed by atoms with Crippen molar-refractivity contribution in [3.05, 3.63) is 28.2 Å². The highest BCUT2D eigenvalue weighted by Gasteiger charge is 2.21. The van der Waals surface area contributed by atoms with Crippen molar-refractivity contribution in [2.45, 2.75) is 13.3 Å². The van der Waals surface area contributed by atoms with Gasteiger partial charge in [-0.1, -0.05) is 36.2 Å². The highest BCUT2D eigenvalue weighted by molar-refractivity contribution is 7.92. The van der Waals surface area contributed by atoms with Gasteiger partial charge < -0.3 is 0 Å². The van der Waals surface area contributed by atoms with Gasteiger partial charge in [0.15, 0.2) is 0 Å². The Hall–Kier alpha value is -0.540. The monoisotopic (exact) mass is 388 g/mol. The molecule has 0 unspecified atom stereocenters. The molecule has 0 radical (unpaired) electrons. The van der Waals surface area contributed by atoms with E-state index in [0.29, 0.717) is 6.42 Å². The number of hydrogen-bond donors (Lipinski definition) is 1. The molecule has 0 atom stereocenters. The van der Waals surface area contributed by atoms with Crippen LogP contribution in [0.15, 0.2) is 18.2 Å². The number of nitrogens with one attached hydrogen (secondary N) is 1. The van der Waals surface area contributed by atoms with Crippen LogP contribution >= 0.6 is 23.2 Å². The Morgan fingerprint density at radius 3 is 2.36 bits per heavy atom. The van der Waals surface area contributed by atoms with Gasteiger partial charge in [-0.3, -0.25) is 4.31 Å². The van der Waals surface area contributed by atoms with Crippen molar-refractivity contribution in [1.82, 2.24) is 4.72 Å². The van der Waals surface area contributed by atoms with Gasteiger partial charge >= 0.3 is 0 Å². The summed E-state index contributed by atoms with van der Waals surface area (Å²) in [5.74, 6) is -0.0101. The van der Waals surface area contributed by atoms with Gasteiger partial charge in [0.1, 0.15) is 0 Å². The maximum atomic E-state index is 11.9. The Bertz CT molecular complexity index is 721. The number of anilines is 1. The van der Waals surface area contributed by atoms with Gasteiger partial charge in [-0.25, -0.2) is 21.6 Å². The summed E-state index contributed by atoms with van der Waals surface area (Å²) >= 11 is 11.9. The molecule has 0 saturated carbocycles. The van der Waals surface area contributed by atoms with E-state index < -0.39 is 20.0 Å². The van der Waals surface area contributed by atoms with E-state index in [9.17, 15) is 16.8 Å². The smallest absolute Gasteiger partial charge is 0.232 e. The fourth-order valence-corrected chi connectivity index (χ4v) is 4.26. The number of halogens is 2. The highest BCUT2D eigenvalue weighted by atomic mass is 35.5. The van der Waals surface area contributed by atoms with Crippen LogP contribution in [0.25, 0.3) is 0 Å². The van der Waals surface area contributed by atoms with Crippen molar-refractivity contribution in [3.8, 4) is 0 Å². The molecule has 6 nitrogen and oxygen atoms in total. The van der Waals surface area contributed by atoms with Gasteiger partial charge in [-0.15, -0.1) is 0 Å². The molecule has 10 heteroatoms. The minimum Gasteiger partial charge on any atom is -0.268 e. The molecule has 0 spiro atoms. The summed E-state index contributed by atoms with van der Waals surface area (Å²) in [5.41, 5.74) is 0.214. The van der Waals surface area contributed by atoms with E-state index in [1.54, 1.807) is 13.0 Å². The van der Waals surface area contributed by atoms with E-state index in [1.165, 1.54) is 12.1 Å². The largest absolute Gasteiger partial charge is 0.268 e. The first-order valence-corrected chi connectivity index (χ1v) is 10.7. The lowest BCUT2D eigenvalue weighted by Gasteiger charge is -2.23. The van der Waals surface area contributed by atoms with E-state index in [4.69, 9.17) is 23.2 Å². The van der Waals surface area contributed by atoms with Crippen molar-refractivity contribution < 1.29 is 16.8 Å². The average Bonchev–Trinajstić information content (AvgIpc) is 2.37. The summed E-state index contributed by atoms with van der Waals surface area (Å²) < 4.78 is 50.4. The minimum absolute atomic E-state index is 0.0101. The molecule has 126 valence electrons. The normalized spacial score (nSPS) is 12.4. The van der Waals surface area contributed by atoms with Crippen LogP contribution in [0.1, 0.15) is 13.3 Å². The molecule has 0 saturated heterocycles. The van der Waals surface area contributed by atoms with Crippen LogP contribution in [-0.4, -0.2) is 41.9 Å². The lowest BCUT2D eigenvalue weighted by molar-refractivity contribution is 0.577. The average molecular weight is 389 g/mol. The van der Waals surface area contributed by atoms with Crippen molar-refractivity contribution in [1.29, 1.82) is 0 Å². The number of hydrogen-bond acceptors (Lipinski definition) is 4. The first-order chi connectivity index (χ1) is 10.1. The quantitative estimate of drug-likeness (QED) is 0.738. The molecular weight excluding hydrogens is 371 g/mol. The molecule has 1 aromatic rings. The van der Waals surface area contributed by atoms with Gasteiger partial charge in [-0.2, -0.15) is 0 Å². The molecule has 0 aliphatic carbocycles. The Labute approximate surface area is 141 Å². The molecule has 0 aliphatic rings. The van der Waals surface area contributed by atoms with Crippen molar-refractivity contribution >= 4 is 48.9 Å². The summed E-state index contributed by atoms with van der Waals surface area (Å²) in [6, 6.07) is 4.62. The zero-order chi connectivity index (χ0) is 17.0. The number of sulfonamides is 2. The molecule has 1 aromatic carbocycles. The third kappa shape index (κ3) is 5.58. The summed E-state index contributed by atoms with van der Waals surface area (Å²) in [5, 5.41) is 0.324. The van der Waals surface area contributed by atoms with Gasteiger partial charge in [0.05, 0.1) is 27.7 Å². The lowest BCUT2D eigenvalue weighted by atomic mass is 10.3. The first kappa shape index (κ1) is 19.5. The van der Waals surface area contributed by atoms with Crippen LogP contribution in [0.2, 0.25) is 10.0 Å². The zero-order valence-corrected chi connectivity index (χ0v) is 15.4. The van der Waals surface area contributed by atoms with Crippen molar-refractivity contribution in [3.63, 3.8) is 0 Å². The first-order valence-electron chi connectivity index (χ1n) is 6.47. The zero-order valence-electron chi connectivity index (χ0n) is 12.2. The maximum absolute atomic E-state index is 11.9. The fourth-order valence-electron chi connectivity index (χ4n) is 1.79. The predicted molar refractivity (Wildman–Crippen MR) is 90.7 cm³/mol. The second-order valence-corrected chi connectivity index (χ2v) is 9.24. The molecule has 0 fully saturated rings. The van der Waals surface area contributed by atoms with Crippen molar-refractivity contribution in [2.75, 3.05) is 29.4 Å². The molecule has 1 rings (SSSR count). The second kappa shape index (κ2) is 7.83. The fraction of sp³-hybridized carbons (Fsp3) is 0.500. The molecule has 0 amide bonds. The molecule has 0 aromatic heterocycles. The summed E-state index contributed by atoms with van der Waals surface area (Å²) in [6.07, 6.45) is 1.50. The van der Waals surface area contributed by atoms with Gasteiger partial charge in [0.2, 0.25) is 20.0 Å². The topological polar surface area (TPSA) is 83.6 Å². The van der Waals surface area contributed by atoms with E-state index in [2.05, 4.69) is 4.72 Å². The Kier molecular flexibility index (Phi) is 6.94. The van der Waals surface area contributed by atoms with Gasteiger partial charge in [0.25, 0.3) is 0 Å². The molecule has 0 heterocycles. The number of nitrogens with zero attached hydrogens (tertiary/aromatic N) is 1. The van der Waals surface area contributed by atoms with E-state index in [1.807, 2.05) is 0 Å². The molecular formula is C12H18Cl2N2O4S2. The number of benzene rings is 1. The van der Waals surface area contributed by atoms with Gasteiger partial charge in [-0.05, 0) is 18.6 Å². The Balaban J connectivity index is 2.95. The Morgan fingerprint density at radius 2 is 1.82 bits per heavy atom. The molecule has 0 bridgehead atoms. The van der Waals surface area contributed by atoms with Gasteiger partial charge in [0, 0.05) is 13.1 Å². The molecule has 22 heavy (non-hydrogen) atoms. The molecule has 0 aliphatic heterocycles. The van der Waals surface area contributed by atoms with Crippen LogP contribution < -0.4 is 9.03 Å². The van der Waals surface area contributed by atoms with E-state index in [0.717, 1.165) is 10.6 Å². The summed E-state index contributed by atoms with van der Waals surface area (Å²) in [6.45, 7) is 1.61. The van der Waals surface area contributed by atoms with E-state index >= 15 is 0 Å². The second-order valence-electron chi connectivity index (χ2n) is 4.62. The highest BCUT2D eigenvalue weighted by Crippen LogP contribution is 2.33. The van der Waals surface area contributed by atoms with Crippen molar-refractivity contribution in [2.24, 2.45) is 0 Å². The maximum Gasteiger partial charge on any atom is 0.232 e. The summed E-state index contributed by atoms with van der Waals surface area (Å²) in [4.78, 5) is 0. The lowest BCUT2D eigenvalue weighted by Crippen LogP contribution is -2.38. The van der Waals surface area contributed by atoms with Crippen LogP contribution in [-0.2, 0) is 20.0 Å². The Morgan fingerprint density at radius 1 is 1.18 bits per heavy atom. The third-order valence-electron chi connectivity index (χ3n) is 2.71. The van der Waals surface area contributed by atoms with Crippen LogP contribution in [0.4, 0.5) is 5.69 Å². The SMILES string of the molecule is CCCS(=O)(=O)NCCN(c1cccc(Cl)c1Cl)S(C)(=O)=O.